The molecule has 0 fully saturated rings. The third-order valence-electron chi connectivity index (χ3n) is 4.35. The van der Waals surface area contributed by atoms with Gasteiger partial charge in [-0.15, -0.1) is 0 Å². The molecule has 0 radical (unpaired) electrons. The summed E-state index contributed by atoms with van der Waals surface area (Å²) in [6, 6.07) is 14.3. The average Bonchev–Trinajstić information content (AvgIpc) is 3.22. The molecule has 3 aromatic rings. The molecule has 0 aliphatic carbocycles. The Bertz CT molecular complexity index is 997. The van der Waals surface area contributed by atoms with Crippen LogP contribution in [-0.4, -0.2) is 28.7 Å². The molecule has 1 aromatic heterocycles. The van der Waals surface area contributed by atoms with Crippen molar-refractivity contribution in [3.63, 3.8) is 0 Å². The van der Waals surface area contributed by atoms with Gasteiger partial charge in [0, 0.05) is 29.9 Å². The second kappa shape index (κ2) is 9.05. The zero-order valence-electron chi connectivity index (χ0n) is 16.7. The van der Waals surface area contributed by atoms with Gasteiger partial charge >= 0.3 is 0 Å². The Morgan fingerprint density at radius 3 is 2.59 bits per heavy atom. The number of hydrogen-bond donors (Lipinski definition) is 2. The van der Waals surface area contributed by atoms with Gasteiger partial charge in [-0.2, -0.15) is 5.10 Å². The maximum absolute atomic E-state index is 12.9. The van der Waals surface area contributed by atoms with Gasteiger partial charge < -0.3 is 15.4 Å². The minimum atomic E-state index is -0.277. The lowest BCUT2D eigenvalue weighted by molar-refractivity contribution is -0.118. The number of nitrogens with one attached hydrogen (secondary N) is 2. The Labute approximate surface area is 169 Å². The Morgan fingerprint density at radius 1 is 1.07 bits per heavy atom. The highest BCUT2D eigenvalue weighted by Crippen LogP contribution is 2.28. The first kappa shape index (κ1) is 20.1. The quantitative estimate of drug-likeness (QED) is 0.641. The Hall–Kier alpha value is -3.61. The molecule has 0 aliphatic rings. The molecule has 2 N–H and O–H groups in total. The lowest BCUT2D eigenvalue weighted by atomic mass is 10.1. The van der Waals surface area contributed by atoms with E-state index >= 15 is 0 Å². The lowest BCUT2D eigenvalue weighted by Crippen LogP contribution is -2.20. The number of hydrogen-bond acceptors (Lipinski definition) is 4. The van der Waals surface area contributed by atoms with E-state index in [0.717, 1.165) is 5.56 Å². The van der Waals surface area contributed by atoms with Gasteiger partial charge in [0.15, 0.2) is 0 Å². The fourth-order valence-corrected chi connectivity index (χ4v) is 2.73. The molecule has 7 nitrogen and oxygen atoms in total. The second-order valence-corrected chi connectivity index (χ2v) is 6.91. The van der Waals surface area contributed by atoms with Gasteiger partial charge in [0.05, 0.1) is 25.0 Å². The number of carbonyl (C=O) groups excluding carboxylic acids is 2. The summed E-state index contributed by atoms with van der Waals surface area (Å²) in [5.74, 6) is -0.0117. The molecule has 7 heteroatoms. The standard InChI is InChI=1S/C22H24N4O3/c1-15(2)21(27)24-19-9-8-18(29-3)13-20(19)25-22(28)17-7-4-6-16(12-17)14-26-11-5-10-23-26/h4-13,15H,14H2,1-3H3,(H,24,27)(H,25,28). The molecule has 0 saturated carbocycles. The zero-order chi connectivity index (χ0) is 20.8. The monoisotopic (exact) mass is 392 g/mol. The highest BCUT2D eigenvalue weighted by atomic mass is 16.5. The van der Waals surface area contributed by atoms with Crippen molar-refractivity contribution in [3.05, 3.63) is 72.1 Å². The first-order valence-corrected chi connectivity index (χ1v) is 9.33. The Morgan fingerprint density at radius 2 is 1.90 bits per heavy atom. The summed E-state index contributed by atoms with van der Waals surface area (Å²) in [6.07, 6.45) is 3.58. The number of carbonyl (C=O) groups is 2. The van der Waals surface area contributed by atoms with E-state index in [4.69, 9.17) is 4.74 Å². The van der Waals surface area contributed by atoms with Gasteiger partial charge in [-0.25, -0.2) is 0 Å². The SMILES string of the molecule is COc1ccc(NC(=O)C(C)C)c(NC(=O)c2cccc(Cn3cccn3)c2)c1. The summed E-state index contributed by atoms with van der Waals surface area (Å²) in [4.78, 5) is 25.0. The number of aromatic nitrogens is 2. The smallest absolute Gasteiger partial charge is 0.255 e. The van der Waals surface area contributed by atoms with Gasteiger partial charge in [-0.1, -0.05) is 26.0 Å². The molecule has 0 atom stereocenters. The van der Waals surface area contributed by atoms with Crippen LogP contribution < -0.4 is 15.4 Å². The van der Waals surface area contributed by atoms with Gasteiger partial charge in [-0.05, 0) is 35.9 Å². The first-order chi connectivity index (χ1) is 14.0. The van der Waals surface area contributed by atoms with E-state index < -0.39 is 0 Å². The van der Waals surface area contributed by atoms with Gasteiger partial charge in [0.1, 0.15) is 5.75 Å². The number of methoxy groups -OCH3 is 1. The molecular weight excluding hydrogens is 368 g/mol. The molecule has 0 saturated heterocycles. The van der Waals surface area contributed by atoms with Crippen LogP contribution in [-0.2, 0) is 11.3 Å². The topological polar surface area (TPSA) is 85.3 Å². The molecule has 1 heterocycles. The van der Waals surface area contributed by atoms with E-state index in [-0.39, 0.29) is 17.7 Å². The van der Waals surface area contributed by atoms with Crippen LogP contribution in [0.4, 0.5) is 11.4 Å². The minimum absolute atomic E-state index is 0.133. The van der Waals surface area contributed by atoms with E-state index in [1.165, 1.54) is 0 Å². The van der Waals surface area contributed by atoms with Gasteiger partial charge in [0.2, 0.25) is 5.91 Å². The number of nitrogens with zero attached hydrogens (tertiary/aromatic N) is 2. The lowest BCUT2D eigenvalue weighted by Gasteiger charge is -2.15. The highest BCUT2D eigenvalue weighted by Gasteiger charge is 2.14. The molecule has 2 amide bonds. The third kappa shape index (κ3) is 5.22. The van der Waals surface area contributed by atoms with E-state index in [1.807, 2.05) is 44.3 Å². The summed E-state index contributed by atoms with van der Waals surface area (Å²) < 4.78 is 7.04. The summed E-state index contributed by atoms with van der Waals surface area (Å²) in [5, 5.41) is 9.90. The maximum Gasteiger partial charge on any atom is 0.255 e. The van der Waals surface area contributed by atoms with Crippen LogP contribution in [0.5, 0.6) is 5.75 Å². The molecule has 0 bridgehead atoms. The molecule has 0 spiro atoms. The summed E-state index contributed by atoms with van der Waals surface area (Å²) in [7, 11) is 1.55. The van der Waals surface area contributed by atoms with Crippen molar-refractivity contribution in [2.75, 3.05) is 17.7 Å². The zero-order valence-corrected chi connectivity index (χ0v) is 16.7. The number of anilines is 2. The summed E-state index contributed by atoms with van der Waals surface area (Å²) >= 11 is 0. The van der Waals surface area contributed by atoms with Crippen molar-refractivity contribution in [2.24, 2.45) is 5.92 Å². The number of ether oxygens (including phenoxy) is 1. The Kier molecular flexibility index (Phi) is 6.29. The van der Waals surface area contributed by atoms with Gasteiger partial charge in [0.25, 0.3) is 5.91 Å². The molecule has 29 heavy (non-hydrogen) atoms. The van der Waals surface area contributed by atoms with Gasteiger partial charge in [-0.3, -0.25) is 14.3 Å². The van der Waals surface area contributed by atoms with Crippen molar-refractivity contribution < 1.29 is 14.3 Å². The summed E-state index contributed by atoms with van der Waals surface area (Å²) in [5.41, 5.74) is 2.46. The van der Waals surface area contributed by atoms with Crippen molar-refractivity contribution in [1.29, 1.82) is 0 Å². The number of benzene rings is 2. The van der Waals surface area contributed by atoms with Crippen molar-refractivity contribution in [1.82, 2.24) is 9.78 Å². The van der Waals surface area contributed by atoms with Crippen LogP contribution in [0, 0.1) is 5.92 Å². The van der Waals surface area contributed by atoms with Crippen LogP contribution in [0.15, 0.2) is 60.9 Å². The third-order valence-corrected chi connectivity index (χ3v) is 4.35. The van der Waals surface area contributed by atoms with Crippen molar-refractivity contribution >= 4 is 23.2 Å². The normalized spacial score (nSPS) is 10.6. The fraction of sp³-hybridized carbons (Fsp3) is 0.227. The maximum atomic E-state index is 12.9. The molecule has 0 unspecified atom stereocenters. The minimum Gasteiger partial charge on any atom is -0.497 e. The average molecular weight is 392 g/mol. The van der Waals surface area contributed by atoms with Crippen LogP contribution in [0.1, 0.15) is 29.8 Å². The number of amides is 2. The van der Waals surface area contributed by atoms with E-state index in [1.54, 1.807) is 42.3 Å². The van der Waals surface area contributed by atoms with Crippen molar-refractivity contribution in [2.45, 2.75) is 20.4 Å². The van der Waals surface area contributed by atoms with Crippen LogP contribution in [0.3, 0.4) is 0 Å². The predicted octanol–water partition coefficient (Wildman–Crippen LogP) is 3.79. The second-order valence-electron chi connectivity index (χ2n) is 6.91. The van der Waals surface area contributed by atoms with Crippen LogP contribution >= 0.6 is 0 Å². The fourth-order valence-electron chi connectivity index (χ4n) is 2.73. The molecular formula is C22H24N4O3. The molecule has 2 aromatic carbocycles. The summed E-state index contributed by atoms with van der Waals surface area (Å²) in [6.45, 7) is 4.19. The molecule has 3 rings (SSSR count). The first-order valence-electron chi connectivity index (χ1n) is 9.33. The number of rotatable bonds is 7. The van der Waals surface area contributed by atoms with Crippen LogP contribution in [0.25, 0.3) is 0 Å². The largest absolute Gasteiger partial charge is 0.497 e. The predicted molar refractivity (Wildman–Crippen MR) is 112 cm³/mol. The highest BCUT2D eigenvalue weighted by molar-refractivity contribution is 6.07. The van der Waals surface area contributed by atoms with Crippen molar-refractivity contribution in [3.8, 4) is 5.75 Å². The van der Waals surface area contributed by atoms with E-state index in [9.17, 15) is 9.59 Å². The van der Waals surface area contributed by atoms with E-state index in [2.05, 4.69) is 15.7 Å². The Balaban J connectivity index is 1.81. The van der Waals surface area contributed by atoms with Crippen LogP contribution in [0.2, 0.25) is 0 Å². The molecule has 150 valence electrons. The molecule has 0 aliphatic heterocycles. The van der Waals surface area contributed by atoms with E-state index in [0.29, 0.717) is 29.2 Å².